The summed E-state index contributed by atoms with van der Waals surface area (Å²) in [7, 11) is 0. The normalized spacial score (nSPS) is 15.3. The van der Waals surface area contributed by atoms with Crippen LogP contribution in [0.4, 0.5) is 0 Å². The molecule has 1 aliphatic heterocycles. The third kappa shape index (κ3) is 2.66. The minimum absolute atomic E-state index is 0.409. The highest BCUT2D eigenvalue weighted by Gasteiger charge is 2.19. The molecule has 0 amide bonds. The van der Waals surface area contributed by atoms with E-state index in [1.54, 1.807) is 0 Å². The Morgan fingerprint density at radius 3 is 2.39 bits per heavy atom. The van der Waals surface area contributed by atoms with E-state index >= 15 is 0 Å². The third-order valence-corrected chi connectivity index (χ3v) is 3.29. The second kappa shape index (κ2) is 5.89. The Hall–Kier alpha value is -1.51. The molecule has 0 radical (unpaired) electrons. The molecule has 0 saturated carbocycles. The van der Waals surface area contributed by atoms with Crippen molar-refractivity contribution in [1.29, 1.82) is 0 Å². The van der Waals surface area contributed by atoms with Crippen LogP contribution in [0.25, 0.3) is 11.3 Å². The monoisotopic (exact) mass is 247 g/mol. The molecule has 0 spiro atoms. The number of hydrogen-bond acceptors (Lipinski definition) is 2. The average molecular weight is 247 g/mol. The highest BCUT2D eigenvalue weighted by Crippen LogP contribution is 2.28. The second-order valence-electron chi connectivity index (χ2n) is 4.81. The Morgan fingerprint density at radius 2 is 1.89 bits per heavy atom. The van der Waals surface area contributed by atoms with Gasteiger partial charge in [-0.3, -0.25) is 4.68 Å². The zero-order chi connectivity index (χ0) is 13.9. The van der Waals surface area contributed by atoms with Gasteiger partial charge in [0.15, 0.2) is 0 Å². The van der Waals surface area contributed by atoms with Crippen molar-refractivity contribution in [3.8, 4) is 0 Å². The Balaban J connectivity index is 0.000000771. The molecule has 1 aromatic rings. The molecule has 1 N–H and O–H groups in total. The molecule has 0 aromatic carbocycles. The van der Waals surface area contributed by atoms with E-state index in [2.05, 4.69) is 50.9 Å². The number of aromatic nitrogens is 2. The lowest BCUT2D eigenvalue weighted by atomic mass is 10.0. The summed E-state index contributed by atoms with van der Waals surface area (Å²) in [4.78, 5) is 0. The van der Waals surface area contributed by atoms with Crippen LogP contribution in [-0.4, -0.2) is 9.78 Å². The van der Waals surface area contributed by atoms with E-state index in [4.69, 9.17) is 0 Å². The fourth-order valence-corrected chi connectivity index (χ4v) is 1.76. The molecule has 2 heterocycles. The van der Waals surface area contributed by atoms with Crippen LogP contribution in [0.1, 0.15) is 58.8 Å². The van der Waals surface area contributed by atoms with Gasteiger partial charge in [0.05, 0.1) is 11.7 Å². The van der Waals surface area contributed by atoms with Crippen LogP contribution in [0.15, 0.2) is 19.0 Å². The molecule has 1 atom stereocenters. The van der Waals surface area contributed by atoms with Crippen LogP contribution in [0, 0.1) is 5.92 Å². The van der Waals surface area contributed by atoms with Gasteiger partial charge in [0.2, 0.25) is 0 Å². The highest BCUT2D eigenvalue weighted by atomic mass is 15.3. The zero-order valence-corrected chi connectivity index (χ0v) is 12.4. The molecule has 1 unspecified atom stereocenters. The van der Waals surface area contributed by atoms with Crippen LogP contribution in [0.5, 0.6) is 0 Å². The van der Waals surface area contributed by atoms with Crippen molar-refractivity contribution in [2.24, 2.45) is 5.92 Å². The van der Waals surface area contributed by atoms with Crippen LogP contribution in [0.2, 0.25) is 0 Å². The first-order chi connectivity index (χ1) is 8.50. The topological polar surface area (TPSA) is 29.9 Å². The molecular weight excluding hydrogens is 222 g/mol. The average Bonchev–Trinajstić information content (AvgIpc) is 2.81. The van der Waals surface area contributed by atoms with Crippen molar-refractivity contribution in [1.82, 2.24) is 15.1 Å². The summed E-state index contributed by atoms with van der Waals surface area (Å²) < 4.78 is 2.05. The first-order valence-corrected chi connectivity index (χ1v) is 6.72. The van der Waals surface area contributed by atoms with E-state index in [0.29, 0.717) is 12.0 Å². The van der Waals surface area contributed by atoms with Gasteiger partial charge in [-0.2, -0.15) is 5.10 Å². The van der Waals surface area contributed by atoms with Gasteiger partial charge >= 0.3 is 0 Å². The highest BCUT2D eigenvalue weighted by molar-refractivity contribution is 5.79. The summed E-state index contributed by atoms with van der Waals surface area (Å²) in [5.74, 6) is 0.576. The van der Waals surface area contributed by atoms with Crippen molar-refractivity contribution in [3.05, 3.63) is 30.2 Å². The fraction of sp³-hybridized carbons (Fsp3) is 0.533. The summed E-state index contributed by atoms with van der Waals surface area (Å²) in [6.45, 7) is 16.7. The summed E-state index contributed by atoms with van der Waals surface area (Å²) in [5, 5.41) is 7.75. The molecule has 0 bridgehead atoms. The number of hydrogen-bond donors (Lipinski definition) is 1. The van der Waals surface area contributed by atoms with Crippen LogP contribution in [0.3, 0.4) is 0 Å². The molecule has 0 aliphatic carbocycles. The fourth-order valence-electron chi connectivity index (χ4n) is 1.76. The first-order valence-electron chi connectivity index (χ1n) is 6.72. The number of allylic oxidation sites excluding steroid dienone is 1. The number of nitrogens with one attached hydrogen (secondary N) is 1. The lowest BCUT2D eigenvalue weighted by molar-refractivity contribution is 0.375. The summed E-state index contributed by atoms with van der Waals surface area (Å²) in [6.07, 6.45) is 4.11. The molecule has 3 nitrogen and oxygen atoms in total. The van der Waals surface area contributed by atoms with Gasteiger partial charge < -0.3 is 5.32 Å². The van der Waals surface area contributed by atoms with Crippen LogP contribution >= 0.6 is 0 Å². The molecule has 3 heteroatoms. The number of fused-ring (bicyclic) bond motifs is 1. The van der Waals surface area contributed by atoms with E-state index in [1.165, 1.54) is 11.1 Å². The maximum Gasteiger partial charge on any atom is 0.115 e. The van der Waals surface area contributed by atoms with E-state index in [-0.39, 0.29) is 0 Å². The Labute approximate surface area is 111 Å². The minimum atomic E-state index is 0.409. The van der Waals surface area contributed by atoms with E-state index in [0.717, 1.165) is 11.4 Å². The van der Waals surface area contributed by atoms with Crippen molar-refractivity contribution < 1.29 is 0 Å². The zero-order valence-electron chi connectivity index (χ0n) is 12.4. The van der Waals surface area contributed by atoms with Gasteiger partial charge in [0.25, 0.3) is 0 Å². The van der Waals surface area contributed by atoms with Crippen LogP contribution in [-0.2, 0) is 0 Å². The Kier molecular flexibility index (Phi) is 4.76. The van der Waals surface area contributed by atoms with E-state index in [1.807, 2.05) is 24.7 Å². The van der Waals surface area contributed by atoms with Crippen molar-refractivity contribution in [2.45, 2.75) is 47.6 Å². The molecular formula is C15H25N3. The molecule has 1 aromatic heterocycles. The smallest absolute Gasteiger partial charge is 0.115 e. The van der Waals surface area contributed by atoms with Crippen LogP contribution < -0.4 is 5.32 Å². The summed E-state index contributed by atoms with van der Waals surface area (Å²) >= 11 is 0. The molecule has 0 saturated heterocycles. The number of rotatable bonds is 2. The van der Waals surface area contributed by atoms with Gasteiger partial charge in [0.1, 0.15) is 5.69 Å². The van der Waals surface area contributed by atoms with E-state index in [9.17, 15) is 0 Å². The number of nitrogens with zero attached hydrogens (tertiary/aromatic N) is 2. The lowest BCUT2D eigenvalue weighted by Crippen LogP contribution is -2.13. The molecule has 100 valence electrons. The maximum atomic E-state index is 4.62. The molecule has 18 heavy (non-hydrogen) atoms. The Bertz CT molecular complexity index is 452. The standard InChI is InChI=1S/C13H19N3.C2H6/c1-8(2)11(5)16-7-12-9(3)6-14-10(4)13(12)15-16;1-2/h6-8,11,14H,4H2,1-3,5H3;1-2H3. The van der Waals surface area contributed by atoms with Gasteiger partial charge in [-0.05, 0) is 25.3 Å². The van der Waals surface area contributed by atoms with Crippen molar-refractivity contribution in [3.63, 3.8) is 0 Å². The Morgan fingerprint density at radius 1 is 1.28 bits per heavy atom. The minimum Gasteiger partial charge on any atom is -0.360 e. The summed E-state index contributed by atoms with van der Waals surface area (Å²) in [5.41, 5.74) is 4.27. The van der Waals surface area contributed by atoms with E-state index < -0.39 is 0 Å². The quantitative estimate of drug-likeness (QED) is 0.854. The van der Waals surface area contributed by atoms with Crippen molar-refractivity contribution in [2.75, 3.05) is 0 Å². The largest absolute Gasteiger partial charge is 0.360 e. The maximum absolute atomic E-state index is 4.62. The molecule has 2 rings (SSSR count). The first kappa shape index (κ1) is 14.6. The van der Waals surface area contributed by atoms with Gasteiger partial charge in [-0.1, -0.05) is 34.3 Å². The lowest BCUT2D eigenvalue weighted by Gasteiger charge is -2.15. The predicted molar refractivity (Wildman–Crippen MR) is 78.9 cm³/mol. The third-order valence-electron chi connectivity index (χ3n) is 3.29. The molecule has 0 fully saturated rings. The summed E-state index contributed by atoms with van der Waals surface area (Å²) in [6, 6.07) is 0.409. The second-order valence-corrected chi connectivity index (χ2v) is 4.81. The van der Waals surface area contributed by atoms with Gasteiger partial charge in [-0.15, -0.1) is 0 Å². The predicted octanol–water partition coefficient (Wildman–Crippen LogP) is 4.06. The van der Waals surface area contributed by atoms with Crippen molar-refractivity contribution >= 4 is 11.3 Å². The van der Waals surface area contributed by atoms with Gasteiger partial charge in [0, 0.05) is 18.0 Å². The van der Waals surface area contributed by atoms with Gasteiger partial charge in [-0.25, -0.2) is 0 Å². The SMILES string of the molecule is C=C1NC=C(C)c2cn(C(C)C(C)C)nc21.CC. The molecule has 1 aliphatic rings.